The number of halogens is 3. The summed E-state index contributed by atoms with van der Waals surface area (Å²) < 4.78 is 28.9. The molecule has 0 heterocycles. The van der Waals surface area contributed by atoms with Gasteiger partial charge in [-0.05, 0) is 24.5 Å². The van der Waals surface area contributed by atoms with Gasteiger partial charge in [-0.2, -0.15) is 8.78 Å². The molecule has 6 heteroatoms. The fourth-order valence-electron chi connectivity index (χ4n) is 1.79. The zero-order chi connectivity index (χ0) is 15.0. The highest BCUT2D eigenvalue weighted by atomic mass is 35.5. The Hall–Kier alpha value is -1.36. The second-order valence-electron chi connectivity index (χ2n) is 4.34. The van der Waals surface area contributed by atoms with Crippen LogP contribution < -0.4 is 10.1 Å². The maximum atomic E-state index is 12.3. The third kappa shape index (κ3) is 5.33. The molecule has 1 aromatic carbocycles. The molecular formula is C14H18ClF2NO2. The van der Waals surface area contributed by atoms with Crippen molar-refractivity contribution >= 4 is 17.5 Å². The first-order valence-corrected chi connectivity index (χ1v) is 6.99. The summed E-state index contributed by atoms with van der Waals surface area (Å²) >= 11 is 5.67. The Morgan fingerprint density at radius 1 is 1.40 bits per heavy atom. The van der Waals surface area contributed by atoms with Crippen molar-refractivity contribution in [2.75, 3.05) is 12.4 Å². The number of carbonyl (C=O) groups is 1. The van der Waals surface area contributed by atoms with Crippen molar-refractivity contribution in [3.8, 4) is 5.75 Å². The van der Waals surface area contributed by atoms with Gasteiger partial charge in [-0.15, -0.1) is 11.6 Å². The van der Waals surface area contributed by atoms with Crippen LogP contribution in [0, 0.1) is 5.92 Å². The topological polar surface area (TPSA) is 38.3 Å². The van der Waals surface area contributed by atoms with Gasteiger partial charge in [-0.1, -0.05) is 25.5 Å². The maximum absolute atomic E-state index is 12.3. The van der Waals surface area contributed by atoms with E-state index in [2.05, 4.69) is 10.1 Å². The Morgan fingerprint density at radius 2 is 2.10 bits per heavy atom. The molecule has 20 heavy (non-hydrogen) atoms. The second kappa shape index (κ2) is 8.74. The summed E-state index contributed by atoms with van der Waals surface area (Å²) in [6, 6.07) is 5.94. The van der Waals surface area contributed by atoms with E-state index in [4.69, 9.17) is 11.6 Å². The zero-order valence-electron chi connectivity index (χ0n) is 11.2. The van der Waals surface area contributed by atoms with Gasteiger partial charge in [0.1, 0.15) is 5.75 Å². The van der Waals surface area contributed by atoms with Gasteiger partial charge < -0.3 is 10.1 Å². The molecule has 0 spiro atoms. The number of amides is 1. The molecule has 3 nitrogen and oxygen atoms in total. The Kier molecular flexibility index (Phi) is 7.30. The summed E-state index contributed by atoms with van der Waals surface area (Å²) in [4.78, 5) is 12.0. The molecule has 1 N–H and O–H groups in total. The van der Waals surface area contributed by atoms with Crippen molar-refractivity contribution < 1.29 is 18.3 Å². The summed E-state index contributed by atoms with van der Waals surface area (Å²) in [6.07, 6.45) is 1.69. The monoisotopic (exact) mass is 305 g/mol. The minimum atomic E-state index is -2.96. The zero-order valence-corrected chi connectivity index (χ0v) is 12.0. The highest BCUT2D eigenvalue weighted by Gasteiger charge is 2.16. The lowest BCUT2D eigenvalue weighted by Gasteiger charge is -2.15. The van der Waals surface area contributed by atoms with E-state index >= 15 is 0 Å². The van der Waals surface area contributed by atoms with E-state index in [-0.39, 0.29) is 17.2 Å². The van der Waals surface area contributed by atoms with Gasteiger partial charge in [0.2, 0.25) is 0 Å². The predicted octanol–water partition coefficient (Wildman–Crippen LogP) is 3.67. The van der Waals surface area contributed by atoms with Crippen molar-refractivity contribution in [3.05, 3.63) is 29.8 Å². The molecule has 0 fully saturated rings. The van der Waals surface area contributed by atoms with Crippen LogP contribution in [0.5, 0.6) is 5.75 Å². The molecule has 1 atom stereocenters. The minimum absolute atomic E-state index is 0.105. The summed E-state index contributed by atoms with van der Waals surface area (Å²) in [6.45, 7) is -0.481. The third-order valence-electron chi connectivity index (χ3n) is 2.99. The number of hydrogen-bond acceptors (Lipinski definition) is 2. The summed E-state index contributed by atoms with van der Waals surface area (Å²) in [5.41, 5.74) is 0.105. The van der Waals surface area contributed by atoms with E-state index in [1.54, 1.807) is 6.07 Å². The van der Waals surface area contributed by atoms with Crippen LogP contribution in [0.4, 0.5) is 8.78 Å². The van der Waals surface area contributed by atoms with Gasteiger partial charge in [-0.25, -0.2) is 0 Å². The average molecular weight is 306 g/mol. The first kappa shape index (κ1) is 16.7. The van der Waals surface area contributed by atoms with Gasteiger partial charge >= 0.3 is 6.61 Å². The number of carbonyl (C=O) groups excluding carboxylic acids is 1. The number of rotatable bonds is 8. The highest BCUT2D eigenvalue weighted by Crippen LogP contribution is 2.20. The number of benzene rings is 1. The summed E-state index contributed by atoms with van der Waals surface area (Å²) in [5, 5.41) is 2.73. The molecular weight excluding hydrogens is 288 g/mol. The van der Waals surface area contributed by atoms with Crippen LogP contribution in [-0.4, -0.2) is 24.9 Å². The largest absolute Gasteiger partial charge is 0.434 e. The fourth-order valence-corrected chi connectivity index (χ4v) is 2.10. The Balaban J connectivity index is 2.67. The smallest absolute Gasteiger partial charge is 0.387 e. The van der Waals surface area contributed by atoms with Gasteiger partial charge in [-0.3, -0.25) is 4.79 Å². The Bertz CT molecular complexity index is 429. The first-order chi connectivity index (χ1) is 9.58. The number of alkyl halides is 3. The number of para-hydroxylation sites is 1. The van der Waals surface area contributed by atoms with E-state index in [0.717, 1.165) is 12.8 Å². The van der Waals surface area contributed by atoms with Gasteiger partial charge in [0, 0.05) is 12.4 Å². The number of ether oxygens (including phenoxy) is 1. The Labute approximate surface area is 122 Å². The molecule has 0 aromatic heterocycles. The van der Waals surface area contributed by atoms with Crippen LogP contribution in [0.1, 0.15) is 30.1 Å². The lowest BCUT2D eigenvalue weighted by Crippen LogP contribution is -2.29. The molecule has 0 saturated carbocycles. The summed E-state index contributed by atoms with van der Waals surface area (Å²) in [7, 11) is 0. The van der Waals surface area contributed by atoms with E-state index < -0.39 is 12.5 Å². The van der Waals surface area contributed by atoms with Crippen LogP contribution in [-0.2, 0) is 0 Å². The second-order valence-corrected chi connectivity index (χ2v) is 4.71. The van der Waals surface area contributed by atoms with Crippen LogP contribution in [0.3, 0.4) is 0 Å². The highest BCUT2D eigenvalue weighted by molar-refractivity contribution is 6.17. The van der Waals surface area contributed by atoms with E-state index in [9.17, 15) is 13.6 Å². The maximum Gasteiger partial charge on any atom is 0.387 e. The van der Waals surface area contributed by atoms with Crippen LogP contribution in [0.2, 0.25) is 0 Å². The molecule has 0 aliphatic carbocycles. The normalized spacial score (nSPS) is 12.2. The van der Waals surface area contributed by atoms with Crippen molar-refractivity contribution in [2.45, 2.75) is 26.4 Å². The SMILES string of the molecule is CCC(CCCl)CNC(=O)c1ccccc1OC(F)F. The standard InChI is InChI=1S/C14H18ClF2NO2/c1-2-10(7-8-15)9-18-13(19)11-5-3-4-6-12(11)20-14(16)17/h3-6,10,14H,2,7-9H2,1H3,(H,18,19). The fraction of sp³-hybridized carbons (Fsp3) is 0.500. The lowest BCUT2D eigenvalue weighted by atomic mass is 10.0. The molecule has 1 rings (SSSR count). The molecule has 0 aliphatic rings. The van der Waals surface area contributed by atoms with E-state index in [0.29, 0.717) is 12.4 Å². The lowest BCUT2D eigenvalue weighted by molar-refractivity contribution is -0.0501. The third-order valence-corrected chi connectivity index (χ3v) is 3.21. The predicted molar refractivity (Wildman–Crippen MR) is 74.5 cm³/mol. The number of nitrogens with one attached hydrogen (secondary N) is 1. The van der Waals surface area contributed by atoms with E-state index in [1.165, 1.54) is 18.2 Å². The molecule has 1 aromatic rings. The number of hydrogen-bond donors (Lipinski definition) is 1. The van der Waals surface area contributed by atoms with Crippen LogP contribution in [0.25, 0.3) is 0 Å². The Morgan fingerprint density at radius 3 is 2.70 bits per heavy atom. The van der Waals surface area contributed by atoms with Gasteiger partial charge in [0.25, 0.3) is 5.91 Å². The first-order valence-electron chi connectivity index (χ1n) is 6.46. The van der Waals surface area contributed by atoms with Crippen LogP contribution in [0.15, 0.2) is 24.3 Å². The molecule has 1 amide bonds. The molecule has 0 radical (unpaired) electrons. The van der Waals surface area contributed by atoms with Gasteiger partial charge in [0.05, 0.1) is 5.56 Å². The van der Waals surface area contributed by atoms with Crippen molar-refractivity contribution in [1.29, 1.82) is 0 Å². The quantitative estimate of drug-likeness (QED) is 0.744. The minimum Gasteiger partial charge on any atom is -0.434 e. The molecule has 0 aliphatic heterocycles. The molecule has 0 saturated heterocycles. The van der Waals surface area contributed by atoms with Gasteiger partial charge in [0.15, 0.2) is 0 Å². The van der Waals surface area contributed by atoms with Crippen molar-refractivity contribution in [2.24, 2.45) is 5.92 Å². The molecule has 112 valence electrons. The summed E-state index contributed by atoms with van der Waals surface area (Å²) in [5.74, 6) is 0.263. The average Bonchev–Trinajstić information content (AvgIpc) is 2.43. The van der Waals surface area contributed by atoms with Crippen molar-refractivity contribution in [1.82, 2.24) is 5.32 Å². The molecule has 0 bridgehead atoms. The van der Waals surface area contributed by atoms with Crippen LogP contribution >= 0.6 is 11.6 Å². The van der Waals surface area contributed by atoms with E-state index in [1.807, 2.05) is 6.92 Å². The van der Waals surface area contributed by atoms with Crippen molar-refractivity contribution in [3.63, 3.8) is 0 Å². The molecule has 1 unspecified atom stereocenters.